The minimum absolute atomic E-state index is 0.0120. The van der Waals surface area contributed by atoms with Crippen molar-refractivity contribution < 1.29 is 14.0 Å². The van der Waals surface area contributed by atoms with Crippen LogP contribution in [0.25, 0.3) is 11.1 Å². The molecular weight excluding hydrogens is 522 g/mol. The van der Waals surface area contributed by atoms with Crippen molar-refractivity contribution >= 4 is 17.5 Å². The molecule has 0 aliphatic carbocycles. The number of hydrogen-bond donors (Lipinski definition) is 2. The van der Waals surface area contributed by atoms with E-state index in [1.807, 2.05) is 56.9 Å². The van der Waals surface area contributed by atoms with Crippen molar-refractivity contribution in [2.24, 2.45) is 0 Å². The van der Waals surface area contributed by atoms with Gasteiger partial charge in [-0.05, 0) is 93.5 Å². The largest absolute Gasteiger partial charge is 0.472 e. The smallest absolute Gasteiger partial charge is 0.255 e. The van der Waals surface area contributed by atoms with Crippen LogP contribution in [0.15, 0.2) is 102 Å². The highest BCUT2D eigenvalue weighted by Crippen LogP contribution is 2.31. The Morgan fingerprint density at radius 3 is 2.29 bits per heavy atom. The number of nitrogens with zero attached hydrogens (tertiary/aromatic N) is 1. The molecule has 2 N–H and O–H groups in total. The maximum Gasteiger partial charge on any atom is 0.255 e. The monoisotopic (exact) mass is 567 g/mol. The molecule has 0 unspecified atom stereocenters. The molecule has 2 heterocycles. The van der Waals surface area contributed by atoms with E-state index in [1.54, 1.807) is 24.7 Å². The summed E-state index contributed by atoms with van der Waals surface area (Å²) in [5.74, 6) is 0.144. The normalized spacial score (nSPS) is 14.2. The topological polar surface area (TPSA) is 74.6 Å². The van der Waals surface area contributed by atoms with E-state index in [0.717, 1.165) is 35.2 Å². The van der Waals surface area contributed by atoms with Crippen molar-refractivity contribution in [2.75, 3.05) is 18.4 Å². The molecule has 1 aliphatic heterocycles. The summed E-state index contributed by atoms with van der Waals surface area (Å²) in [6.45, 7) is 17.2. The fraction of sp³-hybridized carbons (Fsp3) is 0.333. The third kappa shape index (κ3) is 8.59. The maximum absolute atomic E-state index is 13.4. The van der Waals surface area contributed by atoms with Gasteiger partial charge in [-0.15, -0.1) is 0 Å². The molecule has 1 aromatic heterocycles. The van der Waals surface area contributed by atoms with Crippen LogP contribution in [-0.2, 0) is 4.79 Å². The number of carbonyl (C=O) groups is 2. The Labute approximate surface area is 251 Å². The van der Waals surface area contributed by atoms with Crippen LogP contribution < -0.4 is 10.6 Å². The Kier molecular flexibility index (Phi) is 12.0. The molecule has 0 radical (unpaired) electrons. The highest BCUT2D eigenvalue weighted by atomic mass is 16.3. The van der Waals surface area contributed by atoms with Crippen molar-refractivity contribution in [3.63, 3.8) is 0 Å². The SMILES string of the molecule is C=C/C(=C\C=C(/C)NC(C)C)C(=O)Nc1cc(C(=O)N2CCC(c3ccc(-c4ccoc4)cc3)CC2)ccc1C.CC. The summed E-state index contributed by atoms with van der Waals surface area (Å²) in [5.41, 5.74) is 7.00. The van der Waals surface area contributed by atoms with Gasteiger partial charge in [-0.1, -0.05) is 56.8 Å². The number of aryl methyl sites for hydroxylation is 1. The zero-order valence-corrected chi connectivity index (χ0v) is 25.9. The molecule has 3 aromatic rings. The Morgan fingerprint density at radius 2 is 1.69 bits per heavy atom. The summed E-state index contributed by atoms with van der Waals surface area (Å²) < 4.78 is 5.19. The van der Waals surface area contributed by atoms with Gasteiger partial charge in [0.1, 0.15) is 0 Å². The van der Waals surface area contributed by atoms with E-state index < -0.39 is 0 Å². The van der Waals surface area contributed by atoms with E-state index in [9.17, 15) is 9.59 Å². The van der Waals surface area contributed by atoms with Gasteiger partial charge in [0, 0.05) is 47.2 Å². The molecule has 4 rings (SSSR count). The fourth-order valence-electron chi connectivity index (χ4n) is 5.01. The molecule has 1 saturated heterocycles. The molecular formula is C36H45N3O3. The Balaban J connectivity index is 0.00000237. The quantitative estimate of drug-likeness (QED) is 0.202. The minimum Gasteiger partial charge on any atom is -0.472 e. The lowest BCUT2D eigenvalue weighted by Crippen LogP contribution is -2.38. The first-order valence-corrected chi connectivity index (χ1v) is 14.9. The van der Waals surface area contributed by atoms with Crippen LogP contribution in [0.3, 0.4) is 0 Å². The van der Waals surface area contributed by atoms with Gasteiger partial charge in [0.25, 0.3) is 11.8 Å². The second kappa shape index (κ2) is 15.6. The zero-order chi connectivity index (χ0) is 30.6. The number of allylic oxidation sites excluding steroid dienone is 3. The number of likely N-dealkylation sites (tertiary alicyclic amines) is 1. The summed E-state index contributed by atoms with van der Waals surface area (Å²) in [6, 6.07) is 16.4. The van der Waals surface area contributed by atoms with Gasteiger partial charge in [-0.3, -0.25) is 9.59 Å². The van der Waals surface area contributed by atoms with Gasteiger partial charge in [0.15, 0.2) is 0 Å². The zero-order valence-electron chi connectivity index (χ0n) is 25.9. The number of piperidine rings is 1. The molecule has 0 saturated carbocycles. The highest BCUT2D eigenvalue weighted by molar-refractivity contribution is 6.07. The molecule has 2 amide bonds. The van der Waals surface area contributed by atoms with E-state index in [1.165, 1.54) is 11.6 Å². The summed E-state index contributed by atoms with van der Waals surface area (Å²) in [4.78, 5) is 28.3. The molecule has 1 fully saturated rings. The fourth-order valence-corrected chi connectivity index (χ4v) is 5.01. The summed E-state index contributed by atoms with van der Waals surface area (Å²) >= 11 is 0. The summed E-state index contributed by atoms with van der Waals surface area (Å²) in [7, 11) is 0. The number of nitrogens with one attached hydrogen (secondary N) is 2. The Morgan fingerprint density at radius 1 is 1.00 bits per heavy atom. The van der Waals surface area contributed by atoms with Crippen LogP contribution in [0, 0.1) is 6.92 Å². The highest BCUT2D eigenvalue weighted by Gasteiger charge is 2.25. The maximum atomic E-state index is 13.4. The van der Waals surface area contributed by atoms with Crippen molar-refractivity contribution in [3.05, 3.63) is 114 Å². The minimum atomic E-state index is -0.268. The Hall–Kier alpha value is -4.32. The third-order valence-corrected chi connectivity index (χ3v) is 7.26. The molecule has 0 spiro atoms. The lowest BCUT2D eigenvalue weighted by atomic mass is 9.88. The van der Waals surface area contributed by atoms with Gasteiger partial charge in [0.05, 0.1) is 12.5 Å². The van der Waals surface area contributed by atoms with Crippen molar-refractivity contribution in [1.82, 2.24) is 10.2 Å². The predicted octanol–water partition coefficient (Wildman–Crippen LogP) is 8.25. The van der Waals surface area contributed by atoms with E-state index >= 15 is 0 Å². The molecule has 6 heteroatoms. The number of rotatable bonds is 9. The van der Waals surface area contributed by atoms with Crippen molar-refractivity contribution in [2.45, 2.75) is 66.3 Å². The number of carbonyl (C=O) groups excluding carboxylic acids is 2. The van der Waals surface area contributed by atoms with Gasteiger partial charge in [-0.25, -0.2) is 0 Å². The van der Waals surface area contributed by atoms with Crippen LogP contribution in [0.4, 0.5) is 5.69 Å². The van der Waals surface area contributed by atoms with Crippen LogP contribution in [0.1, 0.15) is 74.9 Å². The standard InChI is InChI=1S/C34H39N3O3.C2H6/c1-6-26(10-8-25(5)35-23(2)3)33(38)36-32-21-30(9-7-24(32)4)34(39)37-18-15-29(16-19-37)27-11-13-28(14-12-27)31-17-20-40-22-31;1-2/h6-14,17,20-23,29,35H,1,15-16,18-19H2,2-5H3,(H,36,38);1-2H3/b25-8+,26-10+;. The van der Waals surface area contributed by atoms with E-state index in [2.05, 4.69) is 55.3 Å². The number of hydrogen-bond acceptors (Lipinski definition) is 4. The molecule has 2 aromatic carbocycles. The molecule has 0 bridgehead atoms. The van der Waals surface area contributed by atoms with Crippen molar-refractivity contribution in [3.8, 4) is 11.1 Å². The first-order chi connectivity index (χ1) is 20.2. The van der Waals surface area contributed by atoms with Crippen LogP contribution >= 0.6 is 0 Å². The first-order valence-electron chi connectivity index (χ1n) is 14.9. The average Bonchev–Trinajstić information content (AvgIpc) is 3.54. The average molecular weight is 568 g/mol. The van der Waals surface area contributed by atoms with Gasteiger partial charge in [-0.2, -0.15) is 0 Å². The third-order valence-electron chi connectivity index (χ3n) is 7.26. The molecule has 222 valence electrons. The molecule has 1 aliphatic rings. The van der Waals surface area contributed by atoms with Crippen LogP contribution in [0.2, 0.25) is 0 Å². The molecule has 6 nitrogen and oxygen atoms in total. The number of benzene rings is 2. The number of anilines is 1. The lowest BCUT2D eigenvalue weighted by Gasteiger charge is -2.32. The van der Waals surface area contributed by atoms with Crippen molar-refractivity contribution in [1.29, 1.82) is 0 Å². The first kappa shape index (κ1) is 32.2. The second-order valence-electron chi connectivity index (χ2n) is 10.7. The molecule has 42 heavy (non-hydrogen) atoms. The van der Waals surface area contributed by atoms with Gasteiger partial charge in [0.2, 0.25) is 0 Å². The van der Waals surface area contributed by atoms with Crippen LogP contribution in [-0.4, -0.2) is 35.8 Å². The lowest BCUT2D eigenvalue weighted by molar-refractivity contribution is -0.112. The van der Waals surface area contributed by atoms with E-state index in [0.29, 0.717) is 41.9 Å². The number of amides is 2. The number of furan rings is 1. The second-order valence-corrected chi connectivity index (χ2v) is 10.7. The summed E-state index contributed by atoms with van der Waals surface area (Å²) in [5, 5.41) is 6.26. The van der Waals surface area contributed by atoms with E-state index in [-0.39, 0.29) is 11.8 Å². The summed E-state index contributed by atoms with van der Waals surface area (Å²) in [6.07, 6.45) is 10.4. The van der Waals surface area contributed by atoms with Gasteiger partial charge >= 0.3 is 0 Å². The van der Waals surface area contributed by atoms with E-state index in [4.69, 9.17) is 4.42 Å². The Bertz CT molecular complexity index is 1390. The molecule has 0 atom stereocenters. The predicted molar refractivity (Wildman–Crippen MR) is 173 cm³/mol. The van der Waals surface area contributed by atoms with Gasteiger partial charge < -0.3 is 20.0 Å². The van der Waals surface area contributed by atoms with Crippen LogP contribution in [0.5, 0.6) is 0 Å².